The highest BCUT2D eigenvalue weighted by molar-refractivity contribution is 6.30. The molecule has 108 valence electrons. The van der Waals surface area contributed by atoms with E-state index in [1.807, 2.05) is 18.3 Å². The van der Waals surface area contributed by atoms with Crippen molar-refractivity contribution < 1.29 is 4.84 Å². The van der Waals surface area contributed by atoms with Gasteiger partial charge < -0.3 is 4.84 Å². The first-order chi connectivity index (χ1) is 9.70. The van der Waals surface area contributed by atoms with E-state index in [1.54, 1.807) is 7.11 Å². The Kier molecular flexibility index (Phi) is 3.99. The van der Waals surface area contributed by atoms with Crippen LogP contribution in [0.5, 0.6) is 0 Å². The minimum atomic E-state index is 0.417. The maximum Gasteiger partial charge on any atom is 0.106 e. The second kappa shape index (κ2) is 5.74. The van der Waals surface area contributed by atoms with Crippen molar-refractivity contribution in [2.24, 2.45) is 11.1 Å². The van der Waals surface area contributed by atoms with Crippen LogP contribution in [0, 0.1) is 5.92 Å². The molecule has 2 heterocycles. The Morgan fingerprint density at radius 1 is 1.30 bits per heavy atom. The lowest BCUT2D eigenvalue weighted by Crippen LogP contribution is -2.46. The highest BCUT2D eigenvalue weighted by Crippen LogP contribution is 2.45. The molecule has 4 unspecified atom stereocenters. The number of nitrogens with zero attached hydrogens (tertiary/aromatic N) is 2. The topological polar surface area (TPSA) is 24.8 Å². The first kappa shape index (κ1) is 13.9. The molecule has 1 aromatic carbocycles. The van der Waals surface area contributed by atoms with Crippen LogP contribution in [0.25, 0.3) is 0 Å². The maximum atomic E-state index is 6.01. The predicted molar refractivity (Wildman–Crippen MR) is 82.4 cm³/mol. The third kappa shape index (κ3) is 2.45. The molecule has 4 heteroatoms. The first-order valence-corrected chi connectivity index (χ1v) is 7.62. The van der Waals surface area contributed by atoms with Gasteiger partial charge in [-0.25, -0.2) is 0 Å². The predicted octanol–water partition coefficient (Wildman–Crippen LogP) is 3.54. The summed E-state index contributed by atoms with van der Waals surface area (Å²) in [5, 5.41) is 4.86. The minimum absolute atomic E-state index is 0.417. The number of hydrogen-bond acceptors (Lipinski definition) is 3. The van der Waals surface area contributed by atoms with E-state index >= 15 is 0 Å². The summed E-state index contributed by atoms with van der Waals surface area (Å²) in [6.45, 7) is 0. The Hall–Kier alpha value is -1.06. The maximum absolute atomic E-state index is 6.01. The van der Waals surface area contributed by atoms with E-state index in [9.17, 15) is 0 Å². The van der Waals surface area contributed by atoms with Gasteiger partial charge in [0.1, 0.15) is 7.11 Å². The van der Waals surface area contributed by atoms with E-state index in [4.69, 9.17) is 16.4 Å². The third-order valence-corrected chi connectivity index (χ3v) is 5.22. The molecule has 2 saturated heterocycles. The molecule has 2 bridgehead atoms. The standard InChI is InChI=1S/C16H21ClN2O/c1-19-13-7-8-16(19)15(10-18-20-2)14(9-13)11-3-5-12(17)6-4-11/h3-6,10,13-16H,7-9H2,1-2H3/b18-10+. The SMILES string of the molecule is CO/N=C/C1C(c2ccc(Cl)cc2)CC2CCC1N2C. The lowest BCUT2D eigenvalue weighted by molar-refractivity contribution is 0.131. The van der Waals surface area contributed by atoms with Gasteiger partial charge in [-0.3, -0.25) is 4.90 Å². The van der Waals surface area contributed by atoms with Gasteiger partial charge in [0.05, 0.1) is 0 Å². The number of halogens is 1. The van der Waals surface area contributed by atoms with Crippen molar-refractivity contribution in [1.29, 1.82) is 0 Å². The average Bonchev–Trinajstić information content (AvgIpc) is 2.71. The molecule has 2 fully saturated rings. The van der Waals surface area contributed by atoms with Gasteiger partial charge in [0.15, 0.2) is 0 Å². The van der Waals surface area contributed by atoms with Crippen LogP contribution in [0.4, 0.5) is 0 Å². The Bertz CT molecular complexity index is 488. The first-order valence-electron chi connectivity index (χ1n) is 7.24. The molecule has 3 nitrogen and oxygen atoms in total. The van der Waals surface area contributed by atoms with Crippen molar-refractivity contribution in [3.8, 4) is 0 Å². The van der Waals surface area contributed by atoms with Crippen molar-refractivity contribution in [2.75, 3.05) is 14.2 Å². The Morgan fingerprint density at radius 2 is 2.05 bits per heavy atom. The number of piperidine rings is 1. The number of oxime groups is 1. The average molecular weight is 293 g/mol. The van der Waals surface area contributed by atoms with E-state index in [-0.39, 0.29) is 0 Å². The molecule has 0 spiro atoms. The molecule has 0 aliphatic carbocycles. The Morgan fingerprint density at radius 3 is 2.75 bits per heavy atom. The molecule has 0 saturated carbocycles. The van der Waals surface area contributed by atoms with Crippen LogP contribution in [0.2, 0.25) is 5.02 Å². The summed E-state index contributed by atoms with van der Waals surface area (Å²) in [7, 11) is 3.85. The van der Waals surface area contributed by atoms with Gasteiger partial charge in [-0.1, -0.05) is 28.9 Å². The molecule has 4 atom stereocenters. The lowest BCUT2D eigenvalue weighted by Gasteiger charge is -2.41. The quantitative estimate of drug-likeness (QED) is 0.629. The summed E-state index contributed by atoms with van der Waals surface area (Å²) >= 11 is 6.01. The number of rotatable bonds is 3. The normalized spacial score (nSPS) is 33.8. The van der Waals surface area contributed by atoms with Crippen molar-refractivity contribution in [1.82, 2.24) is 4.90 Å². The molecule has 3 rings (SSSR count). The number of benzene rings is 1. The van der Waals surface area contributed by atoms with Crippen LogP contribution in [0.1, 0.15) is 30.7 Å². The second-order valence-corrected chi connectivity index (χ2v) is 6.31. The van der Waals surface area contributed by atoms with Crippen molar-refractivity contribution in [3.63, 3.8) is 0 Å². The summed E-state index contributed by atoms with van der Waals surface area (Å²) in [5.74, 6) is 0.930. The van der Waals surface area contributed by atoms with E-state index in [0.717, 1.165) is 5.02 Å². The zero-order valence-electron chi connectivity index (χ0n) is 12.0. The molecule has 1 aromatic rings. The fourth-order valence-electron chi connectivity index (χ4n) is 3.91. The lowest BCUT2D eigenvalue weighted by atomic mass is 9.77. The molecule has 0 amide bonds. The number of hydrogen-bond donors (Lipinski definition) is 0. The van der Waals surface area contributed by atoms with Crippen molar-refractivity contribution >= 4 is 17.8 Å². The molecule has 0 radical (unpaired) electrons. The van der Waals surface area contributed by atoms with Gasteiger partial charge in [0.25, 0.3) is 0 Å². The zero-order chi connectivity index (χ0) is 14.1. The summed E-state index contributed by atoms with van der Waals surface area (Å²) in [6, 6.07) is 9.57. The third-order valence-electron chi connectivity index (χ3n) is 4.97. The fourth-order valence-corrected chi connectivity index (χ4v) is 4.04. The number of fused-ring (bicyclic) bond motifs is 2. The molecule has 2 aliphatic rings. The summed E-state index contributed by atoms with van der Waals surface area (Å²) in [6.07, 6.45) is 5.74. The molecule has 2 aliphatic heterocycles. The van der Waals surface area contributed by atoms with Crippen LogP contribution in [0.15, 0.2) is 29.4 Å². The largest absolute Gasteiger partial charge is 0.399 e. The van der Waals surface area contributed by atoms with Crippen molar-refractivity contribution in [2.45, 2.75) is 37.3 Å². The smallest absolute Gasteiger partial charge is 0.106 e. The second-order valence-electron chi connectivity index (χ2n) is 5.87. The Labute approximate surface area is 125 Å². The Balaban J connectivity index is 1.91. The minimum Gasteiger partial charge on any atom is -0.399 e. The summed E-state index contributed by atoms with van der Waals surface area (Å²) in [5.41, 5.74) is 1.37. The van der Waals surface area contributed by atoms with E-state index in [2.05, 4.69) is 29.2 Å². The van der Waals surface area contributed by atoms with Crippen LogP contribution >= 0.6 is 11.6 Å². The summed E-state index contributed by atoms with van der Waals surface area (Å²) in [4.78, 5) is 7.45. The summed E-state index contributed by atoms with van der Waals surface area (Å²) < 4.78 is 0. The highest BCUT2D eigenvalue weighted by atomic mass is 35.5. The fraction of sp³-hybridized carbons (Fsp3) is 0.562. The van der Waals surface area contributed by atoms with Gasteiger partial charge in [0, 0.05) is 29.2 Å². The highest BCUT2D eigenvalue weighted by Gasteiger charge is 2.45. The molecule has 0 aromatic heterocycles. The zero-order valence-corrected chi connectivity index (χ0v) is 12.8. The van der Waals surface area contributed by atoms with Crippen LogP contribution in [-0.2, 0) is 4.84 Å². The van der Waals surface area contributed by atoms with E-state index in [0.29, 0.717) is 23.9 Å². The van der Waals surface area contributed by atoms with Crippen LogP contribution < -0.4 is 0 Å². The molecular formula is C16H21ClN2O. The van der Waals surface area contributed by atoms with Crippen LogP contribution in [-0.4, -0.2) is 37.4 Å². The molecule has 20 heavy (non-hydrogen) atoms. The van der Waals surface area contributed by atoms with Crippen molar-refractivity contribution in [3.05, 3.63) is 34.9 Å². The van der Waals surface area contributed by atoms with Gasteiger partial charge in [-0.15, -0.1) is 0 Å². The van der Waals surface area contributed by atoms with E-state index in [1.165, 1.54) is 24.8 Å². The molecular weight excluding hydrogens is 272 g/mol. The van der Waals surface area contributed by atoms with Gasteiger partial charge in [-0.2, -0.15) is 0 Å². The van der Waals surface area contributed by atoms with Gasteiger partial charge in [0.2, 0.25) is 0 Å². The van der Waals surface area contributed by atoms with E-state index < -0.39 is 0 Å². The van der Waals surface area contributed by atoms with Gasteiger partial charge in [-0.05, 0) is 49.9 Å². The monoisotopic (exact) mass is 292 g/mol. The van der Waals surface area contributed by atoms with Gasteiger partial charge >= 0.3 is 0 Å². The van der Waals surface area contributed by atoms with Crippen LogP contribution in [0.3, 0.4) is 0 Å². The molecule has 0 N–H and O–H groups in total.